The first kappa shape index (κ1) is 75.9. The number of rotatable bonds is 58. The fraction of sp³-hybridized carbons (Fsp3) is 0.739. The number of phosphoric acid groups is 1. The molecule has 1 amide bonds. The van der Waals surface area contributed by atoms with Crippen molar-refractivity contribution in [1.29, 1.82) is 0 Å². The summed E-state index contributed by atoms with van der Waals surface area (Å²) < 4.78 is 30.4. The SMILES string of the molecule is CC/C=C\C/C=C\C/C=C\C/C=C\C/C=C\CCCCCCCC(=O)OC(/C=C/CCCCCCCCCCCCC)C(COP(=O)([O-])OCC[N+](C)(C)C)NC(=O)CCCCCCCCCCC/C=C\C/C=C\CCCCC. The molecule has 79 heavy (non-hydrogen) atoms. The number of amides is 1. The van der Waals surface area contributed by atoms with Crippen molar-refractivity contribution in [2.45, 2.75) is 290 Å². The van der Waals surface area contributed by atoms with Gasteiger partial charge in [-0.1, -0.05) is 253 Å². The van der Waals surface area contributed by atoms with Crippen molar-refractivity contribution in [3.8, 4) is 0 Å². The van der Waals surface area contributed by atoms with Gasteiger partial charge >= 0.3 is 5.97 Å². The van der Waals surface area contributed by atoms with E-state index in [0.717, 1.165) is 122 Å². The summed E-state index contributed by atoms with van der Waals surface area (Å²) >= 11 is 0. The second kappa shape index (κ2) is 58.1. The van der Waals surface area contributed by atoms with Crippen LogP contribution in [0.2, 0.25) is 0 Å². The molecule has 0 bridgehead atoms. The van der Waals surface area contributed by atoms with Crippen molar-refractivity contribution < 1.29 is 37.3 Å². The molecule has 0 aromatic rings. The summed E-state index contributed by atoms with van der Waals surface area (Å²) in [7, 11) is 1.16. The fourth-order valence-corrected chi connectivity index (χ4v) is 9.71. The Morgan fingerprint density at radius 1 is 0.456 bits per heavy atom. The van der Waals surface area contributed by atoms with E-state index in [9.17, 15) is 19.0 Å². The van der Waals surface area contributed by atoms with Crippen LogP contribution >= 0.6 is 7.82 Å². The monoisotopic (exact) mass is 1120 g/mol. The van der Waals surface area contributed by atoms with E-state index in [-0.39, 0.29) is 24.9 Å². The third-order valence-corrected chi connectivity index (χ3v) is 15.0. The maximum absolute atomic E-state index is 13.6. The van der Waals surface area contributed by atoms with Gasteiger partial charge in [-0.2, -0.15) is 0 Å². The molecule has 0 rings (SSSR count). The van der Waals surface area contributed by atoms with E-state index >= 15 is 0 Å². The van der Waals surface area contributed by atoms with E-state index in [1.807, 2.05) is 33.3 Å². The first-order valence-corrected chi connectivity index (χ1v) is 34.0. The Kier molecular flexibility index (Phi) is 55.9. The van der Waals surface area contributed by atoms with E-state index in [1.54, 1.807) is 0 Å². The highest BCUT2D eigenvalue weighted by Crippen LogP contribution is 2.38. The molecular formula is C69H123N2O7P. The molecule has 0 saturated carbocycles. The summed E-state index contributed by atoms with van der Waals surface area (Å²) in [5.41, 5.74) is 0. The van der Waals surface area contributed by atoms with Gasteiger partial charge in [0.25, 0.3) is 7.82 Å². The van der Waals surface area contributed by atoms with Crippen LogP contribution in [-0.2, 0) is 27.9 Å². The normalized spacial score (nSPS) is 14.3. The number of esters is 1. The quantitative estimate of drug-likeness (QED) is 0.0212. The van der Waals surface area contributed by atoms with Crippen LogP contribution in [0.25, 0.3) is 0 Å². The Morgan fingerprint density at radius 2 is 0.810 bits per heavy atom. The topological polar surface area (TPSA) is 114 Å². The Balaban J connectivity index is 5.29. The zero-order valence-corrected chi connectivity index (χ0v) is 52.9. The summed E-state index contributed by atoms with van der Waals surface area (Å²) in [5, 5.41) is 3.03. The van der Waals surface area contributed by atoms with Crippen LogP contribution in [-0.4, -0.2) is 69.4 Å². The molecule has 0 spiro atoms. The lowest BCUT2D eigenvalue weighted by molar-refractivity contribution is -0.870. The highest BCUT2D eigenvalue weighted by atomic mass is 31.2. The molecule has 0 aromatic heterocycles. The molecule has 456 valence electrons. The van der Waals surface area contributed by atoms with Crippen molar-refractivity contribution in [2.75, 3.05) is 40.9 Å². The molecule has 3 atom stereocenters. The van der Waals surface area contributed by atoms with Gasteiger partial charge < -0.3 is 28.5 Å². The molecule has 0 radical (unpaired) electrons. The van der Waals surface area contributed by atoms with Crippen molar-refractivity contribution in [3.05, 3.63) is 97.2 Å². The molecule has 0 aliphatic rings. The van der Waals surface area contributed by atoms with Gasteiger partial charge in [0.05, 0.1) is 33.8 Å². The van der Waals surface area contributed by atoms with Crippen LogP contribution in [0, 0.1) is 0 Å². The third-order valence-electron chi connectivity index (χ3n) is 14.0. The summed E-state index contributed by atoms with van der Waals surface area (Å²) in [6.07, 6.45) is 77.9. The molecule has 0 aliphatic heterocycles. The van der Waals surface area contributed by atoms with Crippen molar-refractivity contribution in [1.82, 2.24) is 5.32 Å². The van der Waals surface area contributed by atoms with Crippen LogP contribution in [0.1, 0.15) is 278 Å². The number of quaternary nitrogens is 1. The number of phosphoric ester groups is 1. The molecule has 0 fully saturated rings. The lowest BCUT2D eigenvalue weighted by atomic mass is 10.0. The summed E-state index contributed by atoms with van der Waals surface area (Å²) in [5.74, 6) is -0.568. The van der Waals surface area contributed by atoms with Crippen molar-refractivity contribution in [2.24, 2.45) is 0 Å². The minimum atomic E-state index is -4.71. The Morgan fingerprint density at radius 3 is 1.24 bits per heavy atom. The van der Waals surface area contributed by atoms with Gasteiger partial charge in [0.2, 0.25) is 5.91 Å². The van der Waals surface area contributed by atoms with Crippen LogP contribution < -0.4 is 10.2 Å². The number of allylic oxidation sites excluding steroid dienone is 15. The molecule has 9 nitrogen and oxygen atoms in total. The standard InChI is InChI=1S/C69H123N2O7P/c1-7-10-13-16-19-22-25-28-30-32-34-35-37-39-41-44-47-50-53-56-59-62-69(73)78-67(60-57-54-51-48-45-42-27-24-21-18-15-12-9-3)66(65-77-79(74,75)76-64-63-71(4,5)6)70-68(72)61-58-55-52-49-46-43-40-38-36-33-31-29-26-23-20-17-14-11-8-2/h10,13,19-20,22-23,28-31,34-35,39,41,57,60,66-67H,7-9,11-12,14-18,21,24-27,32-33,36-38,40,42-56,58-59,61-65H2,1-6H3,(H-,70,72,74,75)/b13-10-,22-19-,23-20-,30-28-,31-29-,35-34-,41-39-,60-57+. The molecular weight excluding hydrogens is 1000 g/mol. The van der Waals surface area contributed by atoms with Gasteiger partial charge in [-0.3, -0.25) is 14.2 Å². The van der Waals surface area contributed by atoms with Crippen LogP contribution in [0.15, 0.2) is 97.2 Å². The number of hydrogen-bond donors (Lipinski definition) is 1. The lowest BCUT2D eigenvalue weighted by Gasteiger charge is -2.30. The highest BCUT2D eigenvalue weighted by Gasteiger charge is 2.27. The second-order valence-electron chi connectivity index (χ2n) is 22.9. The lowest BCUT2D eigenvalue weighted by Crippen LogP contribution is -2.47. The summed E-state index contributed by atoms with van der Waals surface area (Å²) in [4.78, 5) is 40.1. The number of carbonyl (C=O) groups excluding carboxylic acids is 2. The third kappa shape index (κ3) is 59.4. The smallest absolute Gasteiger partial charge is 0.306 e. The second-order valence-corrected chi connectivity index (χ2v) is 24.3. The van der Waals surface area contributed by atoms with E-state index < -0.39 is 26.6 Å². The summed E-state index contributed by atoms with van der Waals surface area (Å²) in [6, 6.07) is -0.905. The van der Waals surface area contributed by atoms with Crippen molar-refractivity contribution >= 4 is 19.7 Å². The molecule has 10 heteroatoms. The molecule has 0 aromatic carbocycles. The predicted molar refractivity (Wildman–Crippen MR) is 339 cm³/mol. The minimum Gasteiger partial charge on any atom is -0.756 e. The number of ether oxygens (including phenoxy) is 1. The number of hydrogen-bond acceptors (Lipinski definition) is 7. The highest BCUT2D eigenvalue weighted by molar-refractivity contribution is 7.45. The fourth-order valence-electron chi connectivity index (χ4n) is 8.99. The van der Waals surface area contributed by atoms with E-state index in [0.29, 0.717) is 23.9 Å². The Bertz CT molecular complexity index is 1670. The number of nitrogens with zero attached hydrogens (tertiary/aromatic N) is 1. The number of likely N-dealkylation sites (N-methyl/N-ethyl adjacent to an activating group) is 1. The molecule has 0 aliphatic carbocycles. The molecule has 0 heterocycles. The van der Waals surface area contributed by atoms with Gasteiger partial charge in [-0.25, -0.2) is 0 Å². The average Bonchev–Trinajstić information content (AvgIpc) is 3.41. The van der Waals surface area contributed by atoms with Gasteiger partial charge in [-0.15, -0.1) is 0 Å². The van der Waals surface area contributed by atoms with E-state index in [1.165, 1.54) is 116 Å². The van der Waals surface area contributed by atoms with E-state index in [2.05, 4.69) is 111 Å². The molecule has 0 saturated heterocycles. The zero-order valence-electron chi connectivity index (χ0n) is 52.1. The van der Waals surface area contributed by atoms with Crippen LogP contribution in [0.5, 0.6) is 0 Å². The molecule has 3 unspecified atom stereocenters. The Labute approximate surface area is 488 Å². The predicted octanol–water partition coefficient (Wildman–Crippen LogP) is 19.7. The Hall–Kier alpha value is -3.07. The zero-order chi connectivity index (χ0) is 57.9. The summed E-state index contributed by atoms with van der Waals surface area (Å²) in [6.45, 7) is 6.70. The van der Waals surface area contributed by atoms with Gasteiger partial charge in [0.15, 0.2) is 0 Å². The minimum absolute atomic E-state index is 0.0306. The number of carbonyl (C=O) groups is 2. The van der Waals surface area contributed by atoms with Crippen LogP contribution in [0.3, 0.4) is 0 Å². The maximum atomic E-state index is 13.6. The largest absolute Gasteiger partial charge is 0.756 e. The maximum Gasteiger partial charge on any atom is 0.306 e. The average molecular weight is 1120 g/mol. The first-order chi connectivity index (χ1) is 38.4. The first-order valence-electron chi connectivity index (χ1n) is 32.5. The van der Waals surface area contributed by atoms with Gasteiger partial charge in [0.1, 0.15) is 19.3 Å². The van der Waals surface area contributed by atoms with Crippen LogP contribution in [0.4, 0.5) is 0 Å². The van der Waals surface area contributed by atoms with Crippen molar-refractivity contribution in [3.63, 3.8) is 0 Å². The van der Waals surface area contributed by atoms with E-state index in [4.69, 9.17) is 13.8 Å². The number of unbranched alkanes of at least 4 members (excludes halogenated alkanes) is 28. The van der Waals surface area contributed by atoms with Gasteiger partial charge in [0, 0.05) is 12.8 Å². The number of nitrogens with one attached hydrogen (secondary N) is 1. The van der Waals surface area contributed by atoms with Gasteiger partial charge in [-0.05, 0) is 109 Å². The molecule has 1 N–H and O–H groups in total.